The Morgan fingerprint density at radius 1 is 0.833 bits per heavy atom. The zero-order valence-corrected chi connectivity index (χ0v) is 18.7. The number of methoxy groups -OCH3 is 1. The van der Waals surface area contributed by atoms with Crippen LogP contribution in [0.15, 0.2) is 36.4 Å². The van der Waals surface area contributed by atoms with Gasteiger partial charge >= 0.3 is 5.97 Å². The van der Waals surface area contributed by atoms with Gasteiger partial charge in [0.05, 0.1) is 7.11 Å². The van der Waals surface area contributed by atoms with Gasteiger partial charge in [-0.05, 0) is 77.1 Å². The molecule has 0 aliphatic heterocycles. The molecule has 2 aliphatic rings. The summed E-state index contributed by atoms with van der Waals surface area (Å²) in [7, 11) is 1.70. The third kappa shape index (κ3) is 3.13. The molecule has 2 aromatic carbocycles. The first-order valence-corrected chi connectivity index (χ1v) is 10.5. The van der Waals surface area contributed by atoms with Crippen molar-refractivity contribution in [2.24, 2.45) is 0 Å². The summed E-state index contributed by atoms with van der Waals surface area (Å²) in [5.74, 6) is 0.659. The van der Waals surface area contributed by atoms with Gasteiger partial charge in [0.15, 0.2) is 0 Å². The lowest BCUT2D eigenvalue weighted by Gasteiger charge is -2.30. The number of rotatable bonds is 4. The topological polar surface area (TPSA) is 52.6 Å². The molecule has 0 bridgehead atoms. The Hall–Kier alpha value is -2.62. The Morgan fingerprint density at radius 3 is 1.83 bits per heavy atom. The Bertz CT molecular complexity index is 1040. The number of hydrogen-bond acceptors (Lipinski definition) is 4. The maximum absolute atomic E-state index is 12.1. The monoisotopic (exact) mass is 406 g/mol. The molecule has 4 nitrogen and oxygen atoms in total. The van der Waals surface area contributed by atoms with Crippen LogP contribution in [0.1, 0.15) is 76.1 Å². The molecule has 30 heavy (non-hydrogen) atoms. The molecule has 2 aromatic rings. The molecule has 1 spiro atoms. The van der Waals surface area contributed by atoms with Crippen molar-refractivity contribution >= 4 is 11.8 Å². The number of carbonyl (C=O) groups is 2. The number of esters is 1. The van der Waals surface area contributed by atoms with Crippen LogP contribution in [0.2, 0.25) is 0 Å². The van der Waals surface area contributed by atoms with Crippen LogP contribution in [0.25, 0.3) is 0 Å². The molecular formula is C26H30O4. The Balaban J connectivity index is 1.86. The SMILES string of the molecule is COc1ccc2c(c1)C1(CC2(C)C)CC(C)(C)c2ccc(OC(=O)CC(C)=O)cc21. The fraction of sp³-hybridized carbons (Fsp3) is 0.462. The van der Waals surface area contributed by atoms with Crippen LogP contribution in [0.4, 0.5) is 0 Å². The third-order valence-electron chi connectivity index (χ3n) is 6.82. The van der Waals surface area contributed by atoms with Crippen molar-refractivity contribution in [3.63, 3.8) is 0 Å². The fourth-order valence-electron chi connectivity index (χ4n) is 5.87. The van der Waals surface area contributed by atoms with Crippen LogP contribution >= 0.6 is 0 Å². The van der Waals surface area contributed by atoms with Crippen molar-refractivity contribution < 1.29 is 19.1 Å². The summed E-state index contributed by atoms with van der Waals surface area (Å²) in [6.45, 7) is 10.6. The van der Waals surface area contributed by atoms with E-state index >= 15 is 0 Å². The zero-order chi connectivity index (χ0) is 21.9. The predicted molar refractivity (Wildman–Crippen MR) is 116 cm³/mol. The van der Waals surface area contributed by atoms with Crippen LogP contribution in [0.5, 0.6) is 11.5 Å². The summed E-state index contributed by atoms with van der Waals surface area (Å²) in [5, 5.41) is 0. The van der Waals surface area contributed by atoms with Crippen LogP contribution in [-0.4, -0.2) is 18.9 Å². The number of Topliss-reactive ketones (excluding diaryl/α,β-unsaturated/α-hetero) is 1. The largest absolute Gasteiger partial charge is 0.497 e. The van der Waals surface area contributed by atoms with Crippen molar-refractivity contribution in [2.45, 2.75) is 70.1 Å². The number of fused-ring (bicyclic) bond motifs is 4. The lowest BCUT2D eigenvalue weighted by molar-refractivity contribution is -0.137. The molecule has 0 saturated heterocycles. The first-order chi connectivity index (χ1) is 14.0. The minimum absolute atomic E-state index is 0.00196. The van der Waals surface area contributed by atoms with E-state index < -0.39 is 5.97 Å². The average Bonchev–Trinajstić information content (AvgIpc) is 3.00. The van der Waals surface area contributed by atoms with Crippen molar-refractivity contribution in [1.29, 1.82) is 0 Å². The van der Waals surface area contributed by atoms with Gasteiger partial charge in [-0.2, -0.15) is 0 Å². The van der Waals surface area contributed by atoms with Gasteiger partial charge in [-0.1, -0.05) is 39.8 Å². The third-order valence-corrected chi connectivity index (χ3v) is 6.82. The van der Waals surface area contributed by atoms with Crippen LogP contribution < -0.4 is 9.47 Å². The number of hydrogen-bond donors (Lipinski definition) is 0. The van der Waals surface area contributed by atoms with E-state index in [1.807, 2.05) is 18.2 Å². The van der Waals surface area contributed by atoms with E-state index in [0.29, 0.717) is 5.75 Å². The Kier molecular flexibility index (Phi) is 4.61. The van der Waals surface area contributed by atoms with Crippen LogP contribution in [0.3, 0.4) is 0 Å². The molecular weight excluding hydrogens is 376 g/mol. The number of benzene rings is 2. The first kappa shape index (κ1) is 20.6. The quantitative estimate of drug-likeness (QED) is 0.396. The summed E-state index contributed by atoms with van der Waals surface area (Å²) in [5.41, 5.74) is 5.05. The molecule has 0 radical (unpaired) electrons. The van der Waals surface area contributed by atoms with E-state index in [0.717, 1.165) is 18.6 Å². The molecule has 0 amide bonds. The standard InChI is InChI=1S/C26H30O4/c1-16(27)11-23(28)30-18-8-10-20-22(13-18)26(15-25(20,4)5)14-24(2,3)19-9-7-17(29-6)12-21(19)26/h7-10,12-13H,11,14-15H2,1-6H3. The highest BCUT2D eigenvalue weighted by atomic mass is 16.5. The van der Waals surface area contributed by atoms with Crippen molar-refractivity contribution in [1.82, 2.24) is 0 Å². The zero-order valence-electron chi connectivity index (χ0n) is 18.7. The minimum Gasteiger partial charge on any atom is -0.497 e. The number of ether oxygens (including phenoxy) is 2. The molecule has 1 atom stereocenters. The van der Waals surface area contributed by atoms with E-state index in [1.165, 1.54) is 29.2 Å². The molecule has 0 fully saturated rings. The van der Waals surface area contributed by atoms with E-state index in [2.05, 4.69) is 45.9 Å². The maximum atomic E-state index is 12.1. The van der Waals surface area contributed by atoms with Crippen molar-refractivity contribution in [2.75, 3.05) is 7.11 Å². The molecule has 4 rings (SSSR count). The van der Waals surface area contributed by atoms with Gasteiger partial charge in [-0.25, -0.2) is 0 Å². The average molecular weight is 407 g/mol. The molecule has 0 heterocycles. The molecule has 0 saturated carbocycles. The summed E-state index contributed by atoms with van der Waals surface area (Å²) in [4.78, 5) is 23.4. The smallest absolute Gasteiger partial charge is 0.318 e. The molecule has 0 N–H and O–H groups in total. The molecule has 158 valence electrons. The Morgan fingerprint density at radius 2 is 1.33 bits per heavy atom. The van der Waals surface area contributed by atoms with Crippen LogP contribution in [0, 0.1) is 0 Å². The lowest BCUT2D eigenvalue weighted by atomic mass is 9.72. The van der Waals surface area contributed by atoms with Crippen molar-refractivity contribution in [3.8, 4) is 11.5 Å². The molecule has 4 heteroatoms. The summed E-state index contributed by atoms with van der Waals surface area (Å²) < 4.78 is 11.1. The normalized spacial score (nSPS) is 22.5. The van der Waals surface area contributed by atoms with Gasteiger partial charge in [0.2, 0.25) is 0 Å². The van der Waals surface area contributed by atoms with Crippen molar-refractivity contribution in [3.05, 3.63) is 58.7 Å². The van der Waals surface area contributed by atoms with Gasteiger partial charge < -0.3 is 9.47 Å². The summed E-state index contributed by atoms with van der Waals surface area (Å²) >= 11 is 0. The summed E-state index contributed by atoms with van der Waals surface area (Å²) in [6.07, 6.45) is 1.77. The molecule has 2 aliphatic carbocycles. The fourth-order valence-corrected chi connectivity index (χ4v) is 5.87. The maximum Gasteiger partial charge on any atom is 0.318 e. The van der Waals surface area contributed by atoms with E-state index in [9.17, 15) is 9.59 Å². The van der Waals surface area contributed by atoms with E-state index in [4.69, 9.17) is 9.47 Å². The summed E-state index contributed by atoms with van der Waals surface area (Å²) in [6, 6.07) is 12.4. The molecule has 1 unspecified atom stereocenters. The number of carbonyl (C=O) groups excluding carboxylic acids is 2. The van der Waals surface area contributed by atoms with Gasteiger partial charge in [-0.15, -0.1) is 0 Å². The minimum atomic E-state index is -0.512. The second-order valence-corrected chi connectivity index (χ2v) is 10.2. The van der Waals surface area contributed by atoms with Crippen LogP contribution in [-0.2, 0) is 25.8 Å². The first-order valence-electron chi connectivity index (χ1n) is 10.5. The highest BCUT2D eigenvalue weighted by molar-refractivity contribution is 5.95. The Labute approximate surface area is 178 Å². The van der Waals surface area contributed by atoms with Gasteiger partial charge in [0.25, 0.3) is 0 Å². The highest BCUT2D eigenvalue weighted by Crippen LogP contribution is 2.63. The molecule has 0 aromatic heterocycles. The van der Waals surface area contributed by atoms with Gasteiger partial charge in [0.1, 0.15) is 23.7 Å². The highest BCUT2D eigenvalue weighted by Gasteiger charge is 2.56. The second kappa shape index (κ2) is 6.69. The van der Waals surface area contributed by atoms with E-state index in [1.54, 1.807) is 7.11 Å². The van der Waals surface area contributed by atoms with Gasteiger partial charge in [0, 0.05) is 5.41 Å². The second-order valence-electron chi connectivity index (χ2n) is 10.2. The number of ketones is 1. The lowest BCUT2D eigenvalue weighted by Crippen LogP contribution is -2.27. The van der Waals surface area contributed by atoms with E-state index in [-0.39, 0.29) is 28.4 Å². The predicted octanol–water partition coefficient (Wildman–Crippen LogP) is 5.23. The van der Waals surface area contributed by atoms with Gasteiger partial charge in [-0.3, -0.25) is 9.59 Å².